The van der Waals surface area contributed by atoms with Crippen LogP contribution in [0.3, 0.4) is 0 Å². The molecule has 2 rings (SSSR count). The highest BCUT2D eigenvalue weighted by molar-refractivity contribution is 5.85. The zero-order chi connectivity index (χ0) is 18.4. The van der Waals surface area contributed by atoms with Gasteiger partial charge in [-0.1, -0.05) is 26.0 Å². The molecule has 0 saturated heterocycles. The number of nitrogens with one attached hydrogen (secondary N) is 1. The Hall–Kier alpha value is -1.63. The fourth-order valence-electron chi connectivity index (χ4n) is 2.92. The number of nitrogens with two attached hydrogens (primary N) is 1. The van der Waals surface area contributed by atoms with Crippen molar-refractivity contribution in [3.63, 3.8) is 0 Å². The Kier molecular flexibility index (Phi) is 10.6. The zero-order valence-corrected chi connectivity index (χ0v) is 17.5. The van der Waals surface area contributed by atoms with Crippen molar-refractivity contribution in [1.82, 2.24) is 10.3 Å². The Morgan fingerprint density at radius 1 is 1.33 bits per heavy atom. The van der Waals surface area contributed by atoms with Gasteiger partial charge in [-0.15, -0.1) is 24.8 Å². The Balaban J connectivity index is 0.00000338. The van der Waals surface area contributed by atoms with Crippen LogP contribution in [0.1, 0.15) is 39.5 Å². The van der Waals surface area contributed by atoms with E-state index in [9.17, 15) is 9.18 Å². The average molecular weight is 420 g/mol. The molecule has 1 heterocycles. The minimum absolute atomic E-state index is 0. The predicted molar refractivity (Wildman–Crippen MR) is 110 cm³/mol. The summed E-state index contributed by atoms with van der Waals surface area (Å²) in [7, 11) is 0. The first-order chi connectivity index (χ1) is 11.8. The van der Waals surface area contributed by atoms with Crippen LogP contribution in [0, 0.1) is 11.7 Å². The number of carbonyl (C=O) groups is 1. The van der Waals surface area contributed by atoms with E-state index in [1.165, 1.54) is 12.3 Å². The van der Waals surface area contributed by atoms with E-state index >= 15 is 0 Å². The van der Waals surface area contributed by atoms with Crippen LogP contribution in [0.15, 0.2) is 34.9 Å². The van der Waals surface area contributed by atoms with Gasteiger partial charge in [-0.3, -0.25) is 4.79 Å². The topological polar surface area (TPSA) is 81.1 Å². The molecule has 0 bridgehead atoms. The average Bonchev–Trinajstić information content (AvgIpc) is 3.01. The third kappa shape index (κ3) is 7.48. The second kappa shape index (κ2) is 11.3. The van der Waals surface area contributed by atoms with Gasteiger partial charge in [0.05, 0.1) is 11.8 Å². The normalized spacial score (nSPS) is 12.7. The quantitative estimate of drug-likeness (QED) is 0.673. The van der Waals surface area contributed by atoms with Crippen LogP contribution in [0.4, 0.5) is 4.39 Å². The van der Waals surface area contributed by atoms with Crippen molar-refractivity contribution < 1.29 is 13.6 Å². The first kappa shape index (κ1) is 25.4. The van der Waals surface area contributed by atoms with Gasteiger partial charge < -0.3 is 15.5 Å². The molecule has 1 aromatic carbocycles. The highest BCUT2D eigenvalue weighted by Gasteiger charge is 2.25. The van der Waals surface area contributed by atoms with E-state index in [0.29, 0.717) is 36.1 Å². The standard InChI is InChI=1S/C19H26FN3O2.2ClH/c1-13(2)10-19(3,12-21)23-17(24)8-9-18-22-11-16(25-18)14-6-4-5-7-15(14)20;;/h4-7,11,13H,8-10,12,21H2,1-3H3,(H,23,24);2*1H. The van der Waals surface area contributed by atoms with Crippen LogP contribution in [0.25, 0.3) is 11.3 Å². The molecule has 1 aromatic heterocycles. The van der Waals surface area contributed by atoms with Gasteiger partial charge in [0.25, 0.3) is 0 Å². The van der Waals surface area contributed by atoms with E-state index in [2.05, 4.69) is 24.1 Å². The maximum Gasteiger partial charge on any atom is 0.220 e. The first-order valence-electron chi connectivity index (χ1n) is 8.53. The molecule has 1 atom stereocenters. The van der Waals surface area contributed by atoms with Crippen LogP contribution in [0.5, 0.6) is 0 Å². The van der Waals surface area contributed by atoms with Crippen LogP contribution >= 0.6 is 24.8 Å². The predicted octanol–water partition coefficient (Wildman–Crippen LogP) is 4.14. The summed E-state index contributed by atoms with van der Waals surface area (Å²) >= 11 is 0. The number of benzene rings is 1. The molecular formula is C19H28Cl2FN3O2. The number of nitrogens with zero attached hydrogens (tertiary/aromatic N) is 1. The summed E-state index contributed by atoms with van der Waals surface area (Å²) in [5.74, 6) is 0.741. The fraction of sp³-hybridized carbons (Fsp3) is 0.474. The smallest absolute Gasteiger partial charge is 0.220 e. The van der Waals surface area contributed by atoms with Gasteiger partial charge in [-0.25, -0.2) is 9.37 Å². The molecule has 152 valence electrons. The largest absolute Gasteiger partial charge is 0.441 e. The Bertz CT molecular complexity index is 724. The van der Waals surface area contributed by atoms with Crippen molar-refractivity contribution in [3.05, 3.63) is 42.2 Å². The third-order valence-electron chi connectivity index (χ3n) is 4.01. The second-order valence-electron chi connectivity index (χ2n) is 7.01. The summed E-state index contributed by atoms with van der Waals surface area (Å²) in [5, 5.41) is 3.00. The molecule has 3 N–H and O–H groups in total. The third-order valence-corrected chi connectivity index (χ3v) is 4.01. The number of aromatic nitrogens is 1. The van der Waals surface area contributed by atoms with Gasteiger partial charge in [0.2, 0.25) is 5.91 Å². The lowest BCUT2D eigenvalue weighted by atomic mass is 9.90. The maximum atomic E-state index is 13.8. The monoisotopic (exact) mass is 419 g/mol. The molecule has 0 aliphatic carbocycles. The second-order valence-corrected chi connectivity index (χ2v) is 7.01. The van der Waals surface area contributed by atoms with Crippen molar-refractivity contribution in [3.8, 4) is 11.3 Å². The molecule has 1 unspecified atom stereocenters. The maximum absolute atomic E-state index is 13.8. The Labute approximate surface area is 172 Å². The van der Waals surface area contributed by atoms with Gasteiger partial charge in [-0.2, -0.15) is 0 Å². The highest BCUT2D eigenvalue weighted by Crippen LogP contribution is 2.23. The molecular weight excluding hydrogens is 392 g/mol. The summed E-state index contributed by atoms with van der Waals surface area (Å²) in [6, 6.07) is 6.35. The number of rotatable bonds is 8. The number of hydrogen-bond acceptors (Lipinski definition) is 4. The molecule has 0 spiro atoms. The van der Waals surface area contributed by atoms with Crippen LogP contribution in [-0.4, -0.2) is 23.0 Å². The van der Waals surface area contributed by atoms with Gasteiger partial charge in [-0.05, 0) is 31.4 Å². The molecule has 0 aliphatic heterocycles. The molecule has 0 saturated carbocycles. The fourth-order valence-corrected chi connectivity index (χ4v) is 2.92. The summed E-state index contributed by atoms with van der Waals surface area (Å²) in [5.41, 5.74) is 5.75. The molecule has 0 aliphatic rings. The minimum atomic E-state index is -0.416. The Morgan fingerprint density at radius 3 is 2.59 bits per heavy atom. The van der Waals surface area contributed by atoms with Crippen LogP contribution in [0.2, 0.25) is 0 Å². The van der Waals surface area contributed by atoms with Crippen LogP contribution in [-0.2, 0) is 11.2 Å². The van der Waals surface area contributed by atoms with Gasteiger partial charge >= 0.3 is 0 Å². The molecule has 0 fully saturated rings. The van der Waals surface area contributed by atoms with E-state index in [4.69, 9.17) is 10.2 Å². The number of oxazole rings is 1. The van der Waals surface area contributed by atoms with Crippen molar-refractivity contribution in [1.29, 1.82) is 0 Å². The number of amides is 1. The van der Waals surface area contributed by atoms with Gasteiger partial charge in [0.1, 0.15) is 5.82 Å². The van der Waals surface area contributed by atoms with Crippen molar-refractivity contribution >= 4 is 30.7 Å². The van der Waals surface area contributed by atoms with E-state index < -0.39 is 5.54 Å². The van der Waals surface area contributed by atoms with E-state index in [0.717, 1.165) is 6.42 Å². The first-order valence-corrected chi connectivity index (χ1v) is 8.53. The van der Waals surface area contributed by atoms with Gasteiger partial charge in [0, 0.05) is 24.9 Å². The molecule has 27 heavy (non-hydrogen) atoms. The lowest BCUT2D eigenvalue weighted by Crippen LogP contribution is -2.52. The highest BCUT2D eigenvalue weighted by atomic mass is 35.5. The lowest BCUT2D eigenvalue weighted by molar-refractivity contribution is -0.123. The molecule has 2 aromatic rings. The minimum Gasteiger partial charge on any atom is -0.441 e. The molecule has 0 radical (unpaired) electrons. The molecule has 5 nitrogen and oxygen atoms in total. The summed E-state index contributed by atoms with van der Waals surface area (Å²) in [6.07, 6.45) is 2.88. The summed E-state index contributed by atoms with van der Waals surface area (Å²) in [6.45, 7) is 6.52. The molecule has 8 heteroatoms. The van der Waals surface area contributed by atoms with E-state index in [1.807, 2.05) is 6.92 Å². The lowest BCUT2D eigenvalue weighted by Gasteiger charge is -2.31. The van der Waals surface area contributed by atoms with Gasteiger partial charge in [0.15, 0.2) is 11.7 Å². The van der Waals surface area contributed by atoms with Crippen molar-refractivity contribution in [2.24, 2.45) is 11.7 Å². The van der Waals surface area contributed by atoms with Crippen molar-refractivity contribution in [2.75, 3.05) is 6.54 Å². The number of hydrogen-bond donors (Lipinski definition) is 2. The van der Waals surface area contributed by atoms with E-state index in [-0.39, 0.29) is 43.0 Å². The SMILES string of the molecule is CC(C)CC(C)(CN)NC(=O)CCc1ncc(-c2ccccc2F)o1.Cl.Cl. The molecule has 1 amide bonds. The zero-order valence-electron chi connectivity index (χ0n) is 15.8. The summed E-state index contributed by atoms with van der Waals surface area (Å²) in [4.78, 5) is 16.3. The number of carbonyl (C=O) groups excluding carboxylic acids is 1. The number of halogens is 3. The Morgan fingerprint density at radius 2 is 2.00 bits per heavy atom. The summed E-state index contributed by atoms with van der Waals surface area (Å²) < 4.78 is 19.3. The van der Waals surface area contributed by atoms with Crippen molar-refractivity contribution in [2.45, 2.75) is 45.6 Å². The van der Waals surface area contributed by atoms with E-state index in [1.54, 1.807) is 18.2 Å². The number of aryl methyl sites for hydroxylation is 1. The van der Waals surface area contributed by atoms with Crippen LogP contribution < -0.4 is 11.1 Å².